The van der Waals surface area contributed by atoms with Crippen LogP contribution in [0.1, 0.15) is 33.3 Å². The van der Waals surface area contributed by atoms with Crippen molar-refractivity contribution in [3.63, 3.8) is 0 Å². The highest BCUT2D eigenvalue weighted by atomic mass is 16.5. The van der Waals surface area contributed by atoms with Crippen LogP contribution in [0.4, 0.5) is 0 Å². The van der Waals surface area contributed by atoms with Crippen LogP contribution in [-0.4, -0.2) is 76.5 Å². The quantitative estimate of drug-likeness (QED) is 0.263. The van der Waals surface area contributed by atoms with E-state index in [0.29, 0.717) is 12.7 Å². The number of hydrogen-bond donors (Lipinski definition) is 5. The first-order valence-electron chi connectivity index (χ1n) is 10.3. The third-order valence-corrected chi connectivity index (χ3v) is 4.76. The van der Waals surface area contributed by atoms with E-state index < -0.39 is 54.8 Å². The van der Waals surface area contributed by atoms with Gasteiger partial charge in [0.05, 0.1) is 6.61 Å². The van der Waals surface area contributed by atoms with Crippen LogP contribution in [-0.2, 0) is 25.5 Å². The summed E-state index contributed by atoms with van der Waals surface area (Å²) in [5.41, 5.74) is 1.04. The molecule has 31 heavy (non-hydrogen) atoms. The minimum atomic E-state index is -1.72. The zero-order chi connectivity index (χ0) is 23.6. The van der Waals surface area contributed by atoms with Gasteiger partial charge in [0.15, 0.2) is 0 Å². The lowest BCUT2D eigenvalue weighted by molar-refractivity contribution is -0.157. The van der Waals surface area contributed by atoms with Crippen LogP contribution >= 0.6 is 0 Å². The van der Waals surface area contributed by atoms with Crippen molar-refractivity contribution in [2.45, 2.75) is 70.6 Å². The van der Waals surface area contributed by atoms with Crippen molar-refractivity contribution in [3.05, 3.63) is 35.9 Å². The number of ether oxygens (including phenoxy) is 1. The van der Waals surface area contributed by atoms with Gasteiger partial charge in [0.2, 0.25) is 11.8 Å². The Labute approximate surface area is 182 Å². The maximum Gasteiger partial charge on any atom is 0.249 e. The van der Waals surface area contributed by atoms with Crippen molar-refractivity contribution < 1.29 is 34.4 Å². The molecule has 0 bridgehead atoms. The number of benzene rings is 1. The van der Waals surface area contributed by atoms with Gasteiger partial charge in [-0.15, -0.1) is 0 Å². The van der Waals surface area contributed by atoms with Crippen molar-refractivity contribution in [1.29, 1.82) is 0 Å². The van der Waals surface area contributed by atoms with E-state index in [1.807, 2.05) is 37.3 Å². The molecule has 0 saturated carbocycles. The summed E-state index contributed by atoms with van der Waals surface area (Å²) >= 11 is 0. The SMILES string of the molecule is CC(C)C(=O)N[C@@H](C=O)[C@@H](O[C@H](C)C(=O)N[C@@H](C)Cc1ccccc1)[C@H](O)[C@H](O)CO. The summed E-state index contributed by atoms with van der Waals surface area (Å²) in [5, 5.41) is 34.6. The average Bonchev–Trinajstić information content (AvgIpc) is 2.74. The zero-order valence-electron chi connectivity index (χ0n) is 18.4. The van der Waals surface area contributed by atoms with E-state index in [0.717, 1.165) is 5.56 Å². The van der Waals surface area contributed by atoms with Crippen LogP contribution in [0.2, 0.25) is 0 Å². The molecule has 0 saturated heterocycles. The van der Waals surface area contributed by atoms with Crippen LogP contribution in [0.15, 0.2) is 30.3 Å². The molecule has 6 atom stereocenters. The van der Waals surface area contributed by atoms with Gasteiger partial charge in [-0.2, -0.15) is 0 Å². The van der Waals surface area contributed by atoms with Crippen molar-refractivity contribution >= 4 is 18.1 Å². The minimum Gasteiger partial charge on any atom is -0.394 e. The summed E-state index contributed by atoms with van der Waals surface area (Å²) in [6.07, 6.45) is -4.95. The zero-order valence-corrected chi connectivity index (χ0v) is 18.4. The summed E-state index contributed by atoms with van der Waals surface area (Å²) in [7, 11) is 0. The van der Waals surface area contributed by atoms with Gasteiger partial charge >= 0.3 is 0 Å². The summed E-state index contributed by atoms with van der Waals surface area (Å²) in [5.74, 6) is -1.40. The van der Waals surface area contributed by atoms with Gasteiger partial charge in [0.1, 0.15) is 36.7 Å². The average molecular weight is 439 g/mol. The normalized spacial score (nSPS) is 17.2. The molecule has 0 aliphatic carbocycles. The van der Waals surface area contributed by atoms with Crippen LogP contribution in [0.5, 0.6) is 0 Å². The Morgan fingerprint density at radius 1 is 1.03 bits per heavy atom. The predicted octanol–water partition coefficient (Wildman–Crippen LogP) is -0.439. The second-order valence-electron chi connectivity index (χ2n) is 7.91. The van der Waals surface area contributed by atoms with E-state index in [2.05, 4.69) is 10.6 Å². The molecule has 5 N–H and O–H groups in total. The Balaban J connectivity index is 2.86. The van der Waals surface area contributed by atoms with Gasteiger partial charge in [-0.1, -0.05) is 44.2 Å². The molecule has 9 heteroatoms. The number of amides is 2. The van der Waals surface area contributed by atoms with E-state index in [-0.39, 0.29) is 6.04 Å². The topological polar surface area (TPSA) is 145 Å². The lowest BCUT2D eigenvalue weighted by atomic mass is 10.0. The predicted molar refractivity (Wildman–Crippen MR) is 114 cm³/mol. The van der Waals surface area contributed by atoms with E-state index in [4.69, 9.17) is 9.84 Å². The molecule has 0 fully saturated rings. The molecule has 0 aliphatic heterocycles. The van der Waals surface area contributed by atoms with Gasteiger partial charge in [-0.05, 0) is 25.8 Å². The van der Waals surface area contributed by atoms with E-state index in [1.54, 1.807) is 13.8 Å². The maximum atomic E-state index is 12.6. The molecule has 0 heterocycles. The first kappa shape index (κ1) is 26.7. The molecule has 0 spiro atoms. The molecule has 1 aromatic carbocycles. The smallest absolute Gasteiger partial charge is 0.249 e. The molecule has 1 rings (SSSR count). The summed E-state index contributed by atoms with van der Waals surface area (Å²) < 4.78 is 5.60. The maximum absolute atomic E-state index is 12.6. The highest BCUT2D eigenvalue weighted by Crippen LogP contribution is 2.13. The highest BCUT2D eigenvalue weighted by molar-refractivity contribution is 5.82. The number of aliphatic hydroxyl groups excluding tert-OH is 3. The van der Waals surface area contributed by atoms with E-state index in [1.165, 1.54) is 6.92 Å². The number of hydrogen-bond acceptors (Lipinski definition) is 7. The first-order chi connectivity index (χ1) is 14.6. The van der Waals surface area contributed by atoms with Gasteiger partial charge in [0, 0.05) is 12.0 Å². The van der Waals surface area contributed by atoms with Crippen molar-refractivity contribution in [3.8, 4) is 0 Å². The standard InChI is InChI=1S/C22H34N2O7/c1-13(2)21(29)24-17(11-25)20(19(28)18(27)12-26)31-15(4)22(30)23-14(3)10-16-8-6-5-7-9-16/h5-9,11,13-15,17-20,26-28H,10,12H2,1-4H3,(H,23,30)(H,24,29)/t14-,15+,17-,18+,19+,20+/m0/s1. The molecule has 0 unspecified atom stereocenters. The minimum absolute atomic E-state index is 0.213. The van der Waals surface area contributed by atoms with Crippen LogP contribution < -0.4 is 10.6 Å². The highest BCUT2D eigenvalue weighted by Gasteiger charge is 2.37. The number of carbonyl (C=O) groups excluding carboxylic acids is 3. The summed E-state index contributed by atoms with van der Waals surface area (Å²) in [4.78, 5) is 36.2. The number of rotatable bonds is 13. The second kappa shape index (κ2) is 13.2. The third kappa shape index (κ3) is 8.74. The fourth-order valence-electron chi connectivity index (χ4n) is 2.91. The number of nitrogens with one attached hydrogen (secondary N) is 2. The molecular weight excluding hydrogens is 404 g/mol. The largest absolute Gasteiger partial charge is 0.394 e. The fourth-order valence-corrected chi connectivity index (χ4v) is 2.91. The number of carbonyl (C=O) groups is 3. The summed E-state index contributed by atoms with van der Waals surface area (Å²) in [6, 6.07) is 8.04. The molecular formula is C22H34N2O7. The van der Waals surface area contributed by atoms with Crippen LogP contribution in [0.3, 0.4) is 0 Å². The second-order valence-corrected chi connectivity index (χ2v) is 7.91. The van der Waals surface area contributed by atoms with E-state index in [9.17, 15) is 24.6 Å². The molecule has 0 aromatic heterocycles. The third-order valence-electron chi connectivity index (χ3n) is 4.76. The summed E-state index contributed by atoms with van der Waals surface area (Å²) in [6.45, 7) is 5.71. The molecule has 0 radical (unpaired) electrons. The van der Waals surface area contributed by atoms with Crippen LogP contribution in [0, 0.1) is 5.92 Å². The van der Waals surface area contributed by atoms with Crippen molar-refractivity contribution in [2.75, 3.05) is 6.61 Å². The van der Waals surface area contributed by atoms with Gasteiger partial charge in [-0.25, -0.2) is 0 Å². The van der Waals surface area contributed by atoms with E-state index >= 15 is 0 Å². The fraction of sp³-hybridized carbons (Fsp3) is 0.591. The Hall–Kier alpha value is -2.33. The lowest BCUT2D eigenvalue weighted by Crippen LogP contribution is -2.57. The number of aliphatic hydroxyl groups is 3. The Morgan fingerprint density at radius 3 is 2.16 bits per heavy atom. The Bertz CT molecular complexity index is 698. The molecule has 9 nitrogen and oxygen atoms in total. The Morgan fingerprint density at radius 2 is 1.65 bits per heavy atom. The Kier molecular flexibility index (Phi) is 11.3. The lowest BCUT2D eigenvalue weighted by Gasteiger charge is -2.32. The monoisotopic (exact) mass is 438 g/mol. The van der Waals surface area contributed by atoms with Crippen molar-refractivity contribution in [1.82, 2.24) is 10.6 Å². The molecule has 0 aliphatic rings. The van der Waals surface area contributed by atoms with Gasteiger partial charge < -0.3 is 35.5 Å². The van der Waals surface area contributed by atoms with Crippen LogP contribution in [0.25, 0.3) is 0 Å². The molecule has 174 valence electrons. The molecule has 1 aromatic rings. The first-order valence-corrected chi connectivity index (χ1v) is 10.3. The van der Waals surface area contributed by atoms with Gasteiger partial charge in [-0.3, -0.25) is 9.59 Å². The number of aldehydes is 1. The van der Waals surface area contributed by atoms with Crippen molar-refractivity contribution in [2.24, 2.45) is 5.92 Å². The van der Waals surface area contributed by atoms with Gasteiger partial charge in [0.25, 0.3) is 0 Å². The molecule has 2 amide bonds.